The van der Waals surface area contributed by atoms with Crippen molar-refractivity contribution in [1.82, 2.24) is 4.98 Å². The zero-order chi connectivity index (χ0) is 21.0. The lowest BCUT2D eigenvalue weighted by Crippen LogP contribution is -2.19. The molecule has 2 aromatic carbocycles. The number of halogens is 4. The first-order valence-electron chi connectivity index (χ1n) is 8.24. The van der Waals surface area contributed by atoms with Gasteiger partial charge in [0, 0.05) is 11.3 Å². The number of aromatic nitrogens is 1. The Bertz CT molecular complexity index is 1050. The molecule has 0 radical (unpaired) electrons. The van der Waals surface area contributed by atoms with Crippen LogP contribution in [-0.2, 0) is 6.18 Å². The summed E-state index contributed by atoms with van der Waals surface area (Å²) in [6.07, 6.45) is -3.75. The predicted molar refractivity (Wildman–Crippen MR) is 98.0 cm³/mol. The van der Waals surface area contributed by atoms with Gasteiger partial charge in [0.1, 0.15) is 11.6 Å². The normalized spacial score (nSPS) is 11.0. The molecular formula is C20H13F4N3O2. The molecule has 0 aliphatic heterocycles. The summed E-state index contributed by atoms with van der Waals surface area (Å²) in [7, 11) is 0. The fourth-order valence-electron chi connectivity index (χ4n) is 2.50. The van der Waals surface area contributed by atoms with Crippen molar-refractivity contribution in [2.45, 2.75) is 6.18 Å². The van der Waals surface area contributed by atoms with Gasteiger partial charge in [-0.3, -0.25) is 9.59 Å². The third-order valence-electron chi connectivity index (χ3n) is 3.83. The van der Waals surface area contributed by atoms with E-state index < -0.39 is 34.9 Å². The second kappa shape index (κ2) is 8.09. The minimum Gasteiger partial charge on any atom is -0.322 e. The van der Waals surface area contributed by atoms with Gasteiger partial charge in [-0.1, -0.05) is 18.2 Å². The van der Waals surface area contributed by atoms with Crippen molar-refractivity contribution in [3.63, 3.8) is 0 Å². The van der Waals surface area contributed by atoms with Crippen LogP contribution in [-0.4, -0.2) is 16.8 Å². The lowest BCUT2D eigenvalue weighted by atomic mass is 10.1. The molecule has 2 N–H and O–H groups in total. The first-order valence-corrected chi connectivity index (χ1v) is 8.24. The van der Waals surface area contributed by atoms with Gasteiger partial charge in [0.25, 0.3) is 11.8 Å². The Morgan fingerprint density at radius 3 is 2.31 bits per heavy atom. The molecule has 0 unspecified atom stereocenters. The molecule has 29 heavy (non-hydrogen) atoms. The van der Waals surface area contributed by atoms with Crippen LogP contribution in [0.4, 0.5) is 29.1 Å². The fraction of sp³-hybridized carbons (Fsp3) is 0.0500. The van der Waals surface area contributed by atoms with Gasteiger partial charge in [0.05, 0.1) is 17.3 Å². The number of benzene rings is 2. The van der Waals surface area contributed by atoms with Gasteiger partial charge in [-0.05, 0) is 42.5 Å². The van der Waals surface area contributed by atoms with E-state index in [9.17, 15) is 27.2 Å². The maximum atomic E-state index is 13.1. The van der Waals surface area contributed by atoms with Crippen LogP contribution in [0.25, 0.3) is 0 Å². The molecule has 1 heterocycles. The van der Waals surface area contributed by atoms with Crippen molar-refractivity contribution in [2.75, 3.05) is 10.6 Å². The van der Waals surface area contributed by atoms with E-state index in [-0.39, 0.29) is 17.1 Å². The maximum Gasteiger partial charge on any atom is 0.417 e. The number of amides is 2. The van der Waals surface area contributed by atoms with Crippen LogP contribution >= 0.6 is 0 Å². The Hall–Kier alpha value is -3.75. The van der Waals surface area contributed by atoms with Crippen molar-refractivity contribution in [1.29, 1.82) is 0 Å². The number of carbonyl (C=O) groups excluding carboxylic acids is 2. The van der Waals surface area contributed by atoms with E-state index in [0.29, 0.717) is 0 Å². The van der Waals surface area contributed by atoms with Crippen molar-refractivity contribution in [2.24, 2.45) is 0 Å². The zero-order valence-electron chi connectivity index (χ0n) is 14.6. The first-order chi connectivity index (χ1) is 13.7. The Labute approximate surface area is 162 Å². The lowest BCUT2D eigenvalue weighted by Gasteiger charge is -2.13. The number of anilines is 2. The third-order valence-corrected chi connectivity index (χ3v) is 3.83. The molecule has 148 valence electrons. The highest BCUT2D eigenvalue weighted by Gasteiger charge is 2.34. The standard InChI is InChI=1S/C20H13F4N3O2/c21-13-8-9-17(25-11-13)27-18(28)12-4-3-5-14(10-12)26-19(29)15-6-1-2-7-16(15)20(22,23)24/h1-11H,(H,26,29)(H,25,27,28). The Balaban J connectivity index is 1.77. The van der Waals surface area contributed by atoms with Gasteiger partial charge in [0.2, 0.25) is 0 Å². The number of nitrogens with one attached hydrogen (secondary N) is 2. The Morgan fingerprint density at radius 1 is 0.862 bits per heavy atom. The predicted octanol–water partition coefficient (Wildman–Crippen LogP) is 4.74. The largest absolute Gasteiger partial charge is 0.417 e. The van der Waals surface area contributed by atoms with Crippen LogP contribution in [0, 0.1) is 5.82 Å². The molecule has 0 aliphatic carbocycles. The molecule has 0 bridgehead atoms. The molecule has 0 aliphatic rings. The van der Waals surface area contributed by atoms with Crippen molar-refractivity contribution >= 4 is 23.3 Å². The molecule has 3 rings (SSSR count). The second-order valence-electron chi connectivity index (χ2n) is 5.89. The maximum absolute atomic E-state index is 13.1. The van der Waals surface area contributed by atoms with Crippen LogP contribution in [0.15, 0.2) is 66.9 Å². The topological polar surface area (TPSA) is 71.1 Å². The average Bonchev–Trinajstić information content (AvgIpc) is 2.69. The van der Waals surface area contributed by atoms with E-state index in [1.165, 1.54) is 42.5 Å². The molecule has 0 atom stereocenters. The van der Waals surface area contributed by atoms with Crippen LogP contribution < -0.4 is 10.6 Å². The Kier molecular flexibility index (Phi) is 5.58. The number of hydrogen-bond acceptors (Lipinski definition) is 3. The minimum absolute atomic E-state index is 0.116. The smallest absolute Gasteiger partial charge is 0.322 e. The molecule has 0 spiro atoms. The number of hydrogen-bond donors (Lipinski definition) is 2. The molecule has 2 amide bonds. The van der Waals surface area contributed by atoms with Crippen molar-refractivity contribution < 1.29 is 27.2 Å². The zero-order valence-corrected chi connectivity index (χ0v) is 14.6. The first kappa shape index (κ1) is 20.0. The quantitative estimate of drug-likeness (QED) is 0.618. The third kappa shape index (κ3) is 4.95. The molecular weight excluding hydrogens is 390 g/mol. The van der Waals surface area contributed by atoms with Crippen LogP contribution in [0.3, 0.4) is 0 Å². The van der Waals surface area contributed by atoms with Gasteiger partial charge in [-0.2, -0.15) is 13.2 Å². The number of nitrogens with zero attached hydrogens (tertiary/aromatic N) is 1. The van der Waals surface area contributed by atoms with E-state index in [2.05, 4.69) is 15.6 Å². The summed E-state index contributed by atoms with van der Waals surface area (Å²) in [6, 6.07) is 12.4. The summed E-state index contributed by atoms with van der Waals surface area (Å²) < 4.78 is 52.1. The summed E-state index contributed by atoms with van der Waals surface area (Å²) in [5, 5.41) is 4.80. The highest BCUT2D eigenvalue weighted by atomic mass is 19.4. The molecule has 9 heteroatoms. The number of rotatable bonds is 4. The van der Waals surface area contributed by atoms with E-state index in [1.54, 1.807) is 0 Å². The van der Waals surface area contributed by atoms with Gasteiger partial charge in [0.15, 0.2) is 0 Å². The molecule has 3 aromatic rings. The van der Waals surface area contributed by atoms with Crippen LogP contribution in [0.5, 0.6) is 0 Å². The molecule has 0 saturated carbocycles. The monoisotopic (exact) mass is 403 g/mol. The van der Waals surface area contributed by atoms with Crippen LogP contribution in [0.1, 0.15) is 26.3 Å². The highest BCUT2D eigenvalue weighted by Crippen LogP contribution is 2.32. The average molecular weight is 403 g/mol. The highest BCUT2D eigenvalue weighted by molar-refractivity contribution is 6.07. The van der Waals surface area contributed by atoms with Crippen LogP contribution in [0.2, 0.25) is 0 Å². The van der Waals surface area contributed by atoms with Crippen molar-refractivity contribution in [3.05, 3.63) is 89.4 Å². The van der Waals surface area contributed by atoms with E-state index >= 15 is 0 Å². The Morgan fingerprint density at radius 2 is 1.62 bits per heavy atom. The van der Waals surface area contributed by atoms with Gasteiger partial charge in [-0.25, -0.2) is 9.37 Å². The lowest BCUT2D eigenvalue weighted by molar-refractivity contribution is -0.137. The number of alkyl halides is 3. The van der Waals surface area contributed by atoms with E-state index in [0.717, 1.165) is 24.4 Å². The molecule has 0 fully saturated rings. The minimum atomic E-state index is -4.68. The summed E-state index contributed by atoms with van der Waals surface area (Å²) in [5.74, 6) is -2.00. The summed E-state index contributed by atoms with van der Waals surface area (Å²) in [6.45, 7) is 0. The van der Waals surface area contributed by atoms with E-state index in [4.69, 9.17) is 0 Å². The fourth-order valence-corrected chi connectivity index (χ4v) is 2.50. The van der Waals surface area contributed by atoms with Crippen molar-refractivity contribution in [3.8, 4) is 0 Å². The van der Waals surface area contributed by atoms with Gasteiger partial charge >= 0.3 is 6.18 Å². The molecule has 1 aromatic heterocycles. The SMILES string of the molecule is O=C(Nc1ccc(F)cn1)c1cccc(NC(=O)c2ccccc2C(F)(F)F)c1. The van der Waals surface area contributed by atoms with E-state index in [1.807, 2.05) is 0 Å². The summed E-state index contributed by atoms with van der Waals surface area (Å²) in [4.78, 5) is 28.3. The van der Waals surface area contributed by atoms with Gasteiger partial charge in [-0.15, -0.1) is 0 Å². The number of pyridine rings is 1. The second-order valence-corrected chi connectivity index (χ2v) is 5.89. The molecule has 0 saturated heterocycles. The number of carbonyl (C=O) groups is 2. The summed E-state index contributed by atoms with van der Waals surface area (Å²) in [5.41, 5.74) is -1.34. The van der Waals surface area contributed by atoms with Gasteiger partial charge < -0.3 is 10.6 Å². The summed E-state index contributed by atoms with van der Waals surface area (Å²) >= 11 is 0. The molecule has 5 nitrogen and oxygen atoms in total.